The number of nitrogens with zero attached hydrogens (tertiary/aromatic N) is 1. The van der Waals surface area contributed by atoms with Gasteiger partial charge in [-0.1, -0.05) is 6.08 Å². The molecule has 1 rings (SSSR count). The number of rotatable bonds is 1. The summed E-state index contributed by atoms with van der Waals surface area (Å²) in [6.07, 6.45) is -2.60. The Hall–Kier alpha value is -0.840. The molecule has 0 aliphatic heterocycles. The second kappa shape index (κ2) is 3.49. The van der Waals surface area contributed by atoms with Crippen LogP contribution in [0.1, 0.15) is 24.5 Å². The van der Waals surface area contributed by atoms with Gasteiger partial charge in [-0.15, -0.1) is 11.3 Å². The van der Waals surface area contributed by atoms with Crippen LogP contribution >= 0.6 is 11.3 Å². The lowest BCUT2D eigenvalue weighted by atomic mass is 10.3. The first kappa shape index (κ1) is 10.2. The highest BCUT2D eigenvalue weighted by atomic mass is 32.1. The van der Waals surface area contributed by atoms with Gasteiger partial charge in [-0.25, -0.2) is 4.98 Å². The summed E-state index contributed by atoms with van der Waals surface area (Å²) in [5, 5.41) is 1.46. The molecule has 1 heterocycles. The SMILES string of the molecule is CC=C(C)c1nc(C(F)(F)F)cs1. The van der Waals surface area contributed by atoms with Crippen molar-refractivity contribution < 1.29 is 13.2 Å². The summed E-state index contributed by atoms with van der Waals surface area (Å²) in [6.45, 7) is 3.50. The zero-order chi connectivity index (χ0) is 10.1. The van der Waals surface area contributed by atoms with E-state index in [1.54, 1.807) is 19.9 Å². The average molecular weight is 207 g/mol. The molecule has 0 fully saturated rings. The number of allylic oxidation sites excluding steroid dienone is 2. The van der Waals surface area contributed by atoms with Crippen molar-refractivity contribution in [3.8, 4) is 0 Å². The Morgan fingerprint density at radius 2 is 2.15 bits per heavy atom. The van der Waals surface area contributed by atoms with Gasteiger partial charge in [0.25, 0.3) is 0 Å². The lowest BCUT2D eigenvalue weighted by molar-refractivity contribution is -0.140. The lowest BCUT2D eigenvalue weighted by Crippen LogP contribution is -2.05. The Morgan fingerprint density at radius 3 is 2.54 bits per heavy atom. The fourth-order valence-corrected chi connectivity index (χ4v) is 1.57. The minimum Gasteiger partial charge on any atom is -0.232 e. The van der Waals surface area contributed by atoms with E-state index in [-0.39, 0.29) is 0 Å². The van der Waals surface area contributed by atoms with Crippen LogP contribution in [0.2, 0.25) is 0 Å². The van der Waals surface area contributed by atoms with E-state index in [9.17, 15) is 13.2 Å². The number of hydrogen-bond donors (Lipinski definition) is 0. The Labute approximate surface area is 77.9 Å². The number of thiazole rings is 1. The Morgan fingerprint density at radius 1 is 1.54 bits per heavy atom. The van der Waals surface area contributed by atoms with Gasteiger partial charge in [0.05, 0.1) is 0 Å². The summed E-state index contributed by atoms with van der Waals surface area (Å²) in [4.78, 5) is 3.48. The molecule has 0 N–H and O–H groups in total. The van der Waals surface area contributed by atoms with E-state index in [0.717, 1.165) is 22.3 Å². The molecular formula is C8H8F3NS. The van der Waals surface area contributed by atoms with Crippen LogP contribution in [-0.4, -0.2) is 4.98 Å². The first-order valence-corrected chi connectivity index (χ1v) is 4.49. The summed E-state index contributed by atoms with van der Waals surface area (Å²) in [5.41, 5.74) is -0.0470. The van der Waals surface area contributed by atoms with Gasteiger partial charge in [0.15, 0.2) is 5.69 Å². The van der Waals surface area contributed by atoms with Gasteiger partial charge < -0.3 is 0 Å². The monoisotopic (exact) mass is 207 g/mol. The highest BCUT2D eigenvalue weighted by Crippen LogP contribution is 2.31. The standard InChI is InChI=1S/C8H8F3NS/c1-3-5(2)7-12-6(4-13-7)8(9,10)11/h3-4H,1-2H3. The smallest absolute Gasteiger partial charge is 0.232 e. The first-order chi connectivity index (χ1) is 5.95. The van der Waals surface area contributed by atoms with Gasteiger partial charge in [0.1, 0.15) is 5.01 Å². The molecule has 0 unspecified atom stereocenters. The van der Waals surface area contributed by atoms with E-state index in [0.29, 0.717) is 5.01 Å². The number of alkyl halides is 3. The Kier molecular flexibility index (Phi) is 2.75. The molecule has 0 saturated carbocycles. The van der Waals surface area contributed by atoms with Crippen LogP contribution in [0.25, 0.3) is 5.57 Å². The number of halogens is 3. The second-order valence-corrected chi connectivity index (χ2v) is 3.37. The minimum absolute atomic E-state index is 0.426. The maximum atomic E-state index is 12.1. The Balaban J connectivity index is 3.00. The zero-order valence-corrected chi connectivity index (χ0v) is 7.96. The Bertz CT molecular complexity index is 324. The van der Waals surface area contributed by atoms with Crippen molar-refractivity contribution in [3.05, 3.63) is 22.2 Å². The van der Waals surface area contributed by atoms with Crippen LogP contribution in [0.5, 0.6) is 0 Å². The highest BCUT2D eigenvalue weighted by molar-refractivity contribution is 7.10. The van der Waals surface area contributed by atoms with Crippen LogP contribution < -0.4 is 0 Å². The van der Waals surface area contributed by atoms with Crippen LogP contribution in [0, 0.1) is 0 Å². The fourth-order valence-electron chi connectivity index (χ4n) is 0.709. The molecule has 1 aromatic heterocycles. The summed E-state index contributed by atoms with van der Waals surface area (Å²) >= 11 is 1.01. The van der Waals surface area contributed by atoms with Gasteiger partial charge >= 0.3 is 6.18 Å². The summed E-state index contributed by atoms with van der Waals surface area (Å²) in [7, 11) is 0. The molecule has 5 heteroatoms. The molecule has 0 amide bonds. The van der Waals surface area contributed by atoms with Gasteiger partial charge in [-0.2, -0.15) is 13.2 Å². The van der Waals surface area contributed by atoms with E-state index in [2.05, 4.69) is 4.98 Å². The molecule has 0 bridgehead atoms. The van der Waals surface area contributed by atoms with Crippen molar-refractivity contribution in [2.24, 2.45) is 0 Å². The average Bonchev–Trinajstić information content (AvgIpc) is 2.50. The third-order valence-electron chi connectivity index (χ3n) is 1.56. The van der Waals surface area contributed by atoms with Crippen LogP contribution in [0.4, 0.5) is 13.2 Å². The molecule has 13 heavy (non-hydrogen) atoms. The quantitative estimate of drug-likeness (QED) is 0.685. The number of hydrogen-bond acceptors (Lipinski definition) is 2. The van der Waals surface area contributed by atoms with Gasteiger partial charge in [0, 0.05) is 5.38 Å². The van der Waals surface area contributed by atoms with Gasteiger partial charge in [0.2, 0.25) is 0 Å². The van der Waals surface area contributed by atoms with Crippen molar-refractivity contribution in [3.63, 3.8) is 0 Å². The topological polar surface area (TPSA) is 12.9 Å². The lowest BCUT2D eigenvalue weighted by Gasteiger charge is -1.99. The normalized spacial score (nSPS) is 13.5. The third kappa shape index (κ3) is 2.30. The number of aromatic nitrogens is 1. The third-order valence-corrected chi connectivity index (χ3v) is 2.54. The van der Waals surface area contributed by atoms with Crippen LogP contribution in [-0.2, 0) is 6.18 Å². The summed E-state index contributed by atoms with van der Waals surface area (Å²) in [6, 6.07) is 0. The highest BCUT2D eigenvalue weighted by Gasteiger charge is 2.33. The summed E-state index contributed by atoms with van der Waals surface area (Å²) in [5.74, 6) is 0. The van der Waals surface area contributed by atoms with Crippen LogP contribution in [0.15, 0.2) is 11.5 Å². The van der Waals surface area contributed by atoms with Crippen molar-refractivity contribution >= 4 is 16.9 Å². The molecular weight excluding hydrogens is 199 g/mol. The zero-order valence-electron chi connectivity index (χ0n) is 7.14. The van der Waals surface area contributed by atoms with E-state index in [1.165, 1.54) is 0 Å². The van der Waals surface area contributed by atoms with E-state index in [1.807, 2.05) is 0 Å². The molecule has 0 spiro atoms. The van der Waals surface area contributed by atoms with Crippen molar-refractivity contribution in [2.45, 2.75) is 20.0 Å². The van der Waals surface area contributed by atoms with E-state index >= 15 is 0 Å². The second-order valence-electron chi connectivity index (χ2n) is 2.51. The first-order valence-electron chi connectivity index (χ1n) is 3.61. The predicted octanol–water partition coefficient (Wildman–Crippen LogP) is 3.59. The molecule has 1 nitrogen and oxygen atoms in total. The molecule has 72 valence electrons. The molecule has 0 radical (unpaired) electrons. The molecule has 1 aromatic rings. The van der Waals surface area contributed by atoms with Gasteiger partial charge in [-0.3, -0.25) is 0 Å². The maximum Gasteiger partial charge on any atom is 0.434 e. The van der Waals surface area contributed by atoms with E-state index in [4.69, 9.17) is 0 Å². The van der Waals surface area contributed by atoms with Crippen molar-refractivity contribution in [1.82, 2.24) is 4.98 Å². The molecule has 0 atom stereocenters. The maximum absolute atomic E-state index is 12.1. The fraction of sp³-hybridized carbons (Fsp3) is 0.375. The molecule has 0 aliphatic rings. The molecule has 0 aromatic carbocycles. The summed E-state index contributed by atoms with van der Waals surface area (Å²) < 4.78 is 36.3. The molecule has 0 aliphatic carbocycles. The van der Waals surface area contributed by atoms with E-state index < -0.39 is 11.9 Å². The minimum atomic E-state index is -4.33. The van der Waals surface area contributed by atoms with Crippen LogP contribution in [0.3, 0.4) is 0 Å². The van der Waals surface area contributed by atoms with Crippen molar-refractivity contribution in [2.75, 3.05) is 0 Å². The predicted molar refractivity (Wildman–Crippen MR) is 46.4 cm³/mol. The molecule has 0 saturated heterocycles. The van der Waals surface area contributed by atoms with Gasteiger partial charge in [-0.05, 0) is 19.4 Å². The van der Waals surface area contributed by atoms with Crippen molar-refractivity contribution in [1.29, 1.82) is 0 Å². The largest absolute Gasteiger partial charge is 0.434 e.